The van der Waals surface area contributed by atoms with Gasteiger partial charge in [0.1, 0.15) is 0 Å². The molecule has 0 N–H and O–H groups in total. The number of rotatable bonds is 0. The fraction of sp³-hybridized carbons (Fsp3) is 1.00. The SMILES string of the molecule is CN1CC2CCC1(C)CC2. The Kier molecular flexibility index (Phi) is 1.31. The number of nitrogens with zero attached hydrogens (tertiary/aromatic N) is 1. The largest absolute Gasteiger partial charge is 0.301 e. The molecule has 1 nitrogen and oxygen atoms in total. The van der Waals surface area contributed by atoms with Gasteiger partial charge in [0.2, 0.25) is 0 Å². The molecule has 2 bridgehead atoms. The first-order valence-electron chi connectivity index (χ1n) is 4.42. The minimum Gasteiger partial charge on any atom is -0.301 e. The van der Waals surface area contributed by atoms with E-state index in [4.69, 9.17) is 0 Å². The van der Waals surface area contributed by atoms with Crippen LogP contribution in [-0.2, 0) is 0 Å². The van der Waals surface area contributed by atoms with Crippen molar-refractivity contribution in [2.24, 2.45) is 5.92 Å². The summed E-state index contributed by atoms with van der Waals surface area (Å²) in [5.41, 5.74) is 0.578. The Labute approximate surface area is 63.4 Å². The highest BCUT2D eigenvalue weighted by atomic mass is 15.2. The van der Waals surface area contributed by atoms with Gasteiger partial charge in [-0.3, -0.25) is 0 Å². The van der Waals surface area contributed by atoms with Crippen molar-refractivity contribution >= 4 is 0 Å². The molecule has 0 atom stereocenters. The number of piperidine rings is 2. The molecule has 58 valence electrons. The summed E-state index contributed by atoms with van der Waals surface area (Å²) in [5.74, 6) is 1.03. The van der Waals surface area contributed by atoms with Crippen LogP contribution in [0.15, 0.2) is 0 Å². The Morgan fingerprint density at radius 2 is 1.90 bits per heavy atom. The fourth-order valence-corrected chi connectivity index (χ4v) is 2.47. The predicted molar refractivity (Wildman–Crippen MR) is 43.0 cm³/mol. The predicted octanol–water partition coefficient (Wildman–Crippen LogP) is 1.88. The number of hydrogen-bond acceptors (Lipinski definition) is 1. The lowest BCUT2D eigenvalue weighted by molar-refractivity contribution is -0.00210. The van der Waals surface area contributed by atoms with Gasteiger partial charge in [0.05, 0.1) is 0 Å². The Bertz CT molecular complexity index is 134. The molecule has 1 heteroatoms. The molecule has 0 unspecified atom stereocenters. The van der Waals surface area contributed by atoms with E-state index in [0.29, 0.717) is 5.54 Å². The standard InChI is InChI=1S/C9H17N/c1-9-5-3-8(4-6-9)7-10(9)2/h8H,3-7H2,1-2H3. The third-order valence-corrected chi connectivity index (χ3v) is 3.64. The molecule has 2 aliphatic heterocycles. The summed E-state index contributed by atoms with van der Waals surface area (Å²) >= 11 is 0. The van der Waals surface area contributed by atoms with Crippen LogP contribution in [0.3, 0.4) is 0 Å². The van der Waals surface area contributed by atoms with E-state index in [0.717, 1.165) is 5.92 Å². The zero-order valence-corrected chi connectivity index (χ0v) is 7.06. The van der Waals surface area contributed by atoms with Crippen molar-refractivity contribution in [2.45, 2.75) is 38.1 Å². The Morgan fingerprint density at radius 3 is 2.20 bits per heavy atom. The summed E-state index contributed by atoms with van der Waals surface area (Å²) in [4.78, 5) is 2.56. The van der Waals surface area contributed by atoms with Crippen LogP contribution in [0.4, 0.5) is 0 Å². The Balaban J connectivity index is 2.17. The van der Waals surface area contributed by atoms with E-state index in [1.165, 1.54) is 32.2 Å². The van der Waals surface area contributed by atoms with Crippen LogP contribution in [0.25, 0.3) is 0 Å². The van der Waals surface area contributed by atoms with Crippen molar-refractivity contribution < 1.29 is 0 Å². The summed E-state index contributed by atoms with van der Waals surface area (Å²) in [6, 6.07) is 0. The maximum Gasteiger partial charge on any atom is 0.0178 e. The topological polar surface area (TPSA) is 3.24 Å². The van der Waals surface area contributed by atoms with Crippen molar-refractivity contribution in [1.82, 2.24) is 4.90 Å². The van der Waals surface area contributed by atoms with E-state index in [9.17, 15) is 0 Å². The molecule has 1 saturated carbocycles. The minimum atomic E-state index is 0.578. The van der Waals surface area contributed by atoms with Crippen LogP contribution in [0.1, 0.15) is 32.6 Å². The minimum absolute atomic E-state index is 0.578. The molecule has 3 aliphatic rings. The molecule has 2 saturated heterocycles. The molecule has 0 aromatic carbocycles. The van der Waals surface area contributed by atoms with E-state index in [2.05, 4.69) is 18.9 Å². The summed E-state index contributed by atoms with van der Waals surface area (Å²) in [6.07, 6.45) is 5.85. The maximum atomic E-state index is 2.56. The summed E-state index contributed by atoms with van der Waals surface area (Å²) in [7, 11) is 2.28. The van der Waals surface area contributed by atoms with Crippen LogP contribution < -0.4 is 0 Å². The molecule has 0 aromatic rings. The molecule has 10 heavy (non-hydrogen) atoms. The van der Waals surface area contributed by atoms with Gasteiger partial charge in [-0.05, 0) is 45.6 Å². The lowest BCUT2D eigenvalue weighted by Gasteiger charge is -2.51. The second-order valence-corrected chi connectivity index (χ2v) is 4.32. The van der Waals surface area contributed by atoms with E-state index in [1.807, 2.05) is 0 Å². The zero-order chi connectivity index (χ0) is 7.19. The molecule has 0 amide bonds. The fourth-order valence-electron chi connectivity index (χ4n) is 2.47. The van der Waals surface area contributed by atoms with Gasteiger partial charge in [-0.1, -0.05) is 0 Å². The number of fused-ring (bicyclic) bond motifs is 3. The molecule has 0 aromatic heterocycles. The van der Waals surface area contributed by atoms with Crippen LogP contribution in [0.2, 0.25) is 0 Å². The van der Waals surface area contributed by atoms with Crippen molar-refractivity contribution in [1.29, 1.82) is 0 Å². The smallest absolute Gasteiger partial charge is 0.0178 e. The van der Waals surface area contributed by atoms with Crippen LogP contribution in [0.5, 0.6) is 0 Å². The first-order chi connectivity index (χ1) is 4.71. The van der Waals surface area contributed by atoms with Crippen LogP contribution in [-0.4, -0.2) is 24.0 Å². The van der Waals surface area contributed by atoms with Gasteiger partial charge < -0.3 is 4.90 Å². The molecule has 0 spiro atoms. The third-order valence-electron chi connectivity index (χ3n) is 3.64. The van der Waals surface area contributed by atoms with Gasteiger partial charge in [0, 0.05) is 12.1 Å². The third kappa shape index (κ3) is 0.800. The van der Waals surface area contributed by atoms with Crippen LogP contribution >= 0.6 is 0 Å². The highest BCUT2D eigenvalue weighted by molar-refractivity contribution is 4.96. The molecular formula is C9H17N. The first kappa shape index (κ1) is 6.66. The van der Waals surface area contributed by atoms with Crippen molar-refractivity contribution in [3.8, 4) is 0 Å². The Hall–Kier alpha value is -0.0400. The molecule has 1 aliphatic carbocycles. The molecule has 3 fully saturated rings. The molecule has 0 radical (unpaired) electrons. The zero-order valence-electron chi connectivity index (χ0n) is 7.06. The average Bonchev–Trinajstić information content (AvgIpc) is 1.92. The number of hydrogen-bond donors (Lipinski definition) is 0. The van der Waals surface area contributed by atoms with Gasteiger partial charge in [0.25, 0.3) is 0 Å². The summed E-state index contributed by atoms with van der Waals surface area (Å²) in [6.45, 7) is 3.78. The Morgan fingerprint density at radius 1 is 1.30 bits per heavy atom. The molecule has 2 heterocycles. The van der Waals surface area contributed by atoms with Gasteiger partial charge in [0.15, 0.2) is 0 Å². The molecular weight excluding hydrogens is 122 g/mol. The van der Waals surface area contributed by atoms with Crippen molar-refractivity contribution in [3.63, 3.8) is 0 Å². The normalized spacial score (nSPS) is 48.0. The maximum absolute atomic E-state index is 2.56. The van der Waals surface area contributed by atoms with E-state index < -0.39 is 0 Å². The van der Waals surface area contributed by atoms with E-state index in [1.54, 1.807) is 0 Å². The summed E-state index contributed by atoms with van der Waals surface area (Å²) < 4.78 is 0. The van der Waals surface area contributed by atoms with Crippen molar-refractivity contribution in [2.75, 3.05) is 13.6 Å². The van der Waals surface area contributed by atoms with E-state index >= 15 is 0 Å². The van der Waals surface area contributed by atoms with E-state index in [-0.39, 0.29) is 0 Å². The van der Waals surface area contributed by atoms with Crippen LogP contribution in [0, 0.1) is 5.92 Å². The van der Waals surface area contributed by atoms with Gasteiger partial charge in [-0.2, -0.15) is 0 Å². The van der Waals surface area contributed by atoms with Gasteiger partial charge in [-0.25, -0.2) is 0 Å². The second kappa shape index (κ2) is 1.97. The highest BCUT2D eigenvalue weighted by Gasteiger charge is 2.40. The highest BCUT2D eigenvalue weighted by Crippen LogP contribution is 2.41. The van der Waals surface area contributed by atoms with Gasteiger partial charge in [-0.15, -0.1) is 0 Å². The van der Waals surface area contributed by atoms with Crippen molar-refractivity contribution in [3.05, 3.63) is 0 Å². The second-order valence-electron chi connectivity index (χ2n) is 4.32. The monoisotopic (exact) mass is 139 g/mol. The molecule has 3 rings (SSSR count). The first-order valence-corrected chi connectivity index (χ1v) is 4.42. The quantitative estimate of drug-likeness (QED) is 0.495. The summed E-state index contributed by atoms with van der Waals surface area (Å²) in [5, 5.41) is 0. The van der Waals surface area contributed by atoms with Gasteiger partial charge >= 0.3 is 0 Å². The average molecular weight is 139 g/mol. The lowest BCUT2D eigenvalue weighted by atomic mass is 9.72. The lowest BCUT2D eigenvalue weighted by Crippen LogP contribution is -2.54.